The second-order valence-electron chi connectivity index (χ2n) is 3.90. The van der Waals surface area contributed by atoms with E-state index in [1.54, 1.807) is 24.7 Å². The molecule has 0 saturated heterocycles. The average Bonchev–Trinajstić information content (AvgIpc) is 2.62. The zero-order valence-electron chi connectivity index (χ0n) is 10.2. The smallest absolute Gasteiger partial charge is 0.325 e. The van der Waals surface area contributed by atoms with Crippen molar-refractivity contribution in [2.24, 2.45) is 7.05 Å². The van der Waals surface area contributed by atoms with Gasteiger partial charge in [0.1, 0.15) is 18.0 Å². The summed E-state index contributed by atoms with van der Waals surface area (Å²) in [5.74, 6) is 0.233. The zero-order chi connectivity index (χ0) is 13.4. The fourth-order valence-electron chi connectivity index (χ4n) is 1.70. The summed E-state index contributed by atoms with van der Waals surface area (Å²) in [6.07, 6.45) is 1.73. The molecule has 0 fully saturated rings. The van der Waals surface area contributed by atoms with Crippen molar-refractivity contribution in [3.05, 3.63) is 25.9 Å². The highest BCUT2D eigenvalue weighted by molar-refractivity contribution is 14.1. The molecule has 7 heteroatoms. The minimum absolute atomic E-state index is 0.0512. The van der Waals surface area contributed by atoms with Gasteiger partial charge in [-0.25, -0.2) is 4.98 Å². The fraction of sp³-hybridized carbons (Fsp3) is 0.364. The number of methoxy groups -OCH3 is 1. The Bertz CT molecular complexity index is 687. The summed E-state index contributed by atoms with van der Waals surface area (Å²) in [7, 11) is 3.01. The van der Waals surface area contributed by atoms with Gasteiger partial charge in [0.25, 0.3) is 5.56 Å². The second-order valence-corrected chi connectivity index (χ2v) is 5.07. The van der Waals surface area contributed by atoms with Gasteiger partial charge < -0.3 is 9.30 Å². The van der Waals surface area contributed by atoms with E-state index in [2.05, 4.69) is 32.3 Å². The Kier molecular flexibility index (Phi) is 3.42. The van der Waals surface area contributed by atoms with Crippen molar-refractivity contribution in [3.8, 4) is 0 Å². The molecule has 18 heavy (non-hydrogen) atoms. The molecule has 2 heterocycles. The highest BCUT2D eigenvalue weighted by Crippen LogP contribution is 2.18. The van der Waals surface area contributed by atoms with Crippen LogP contribution in [0.1, 0.15) is 5.82 Å². The number of hydrogen-bond donors (Lipinski definition) is 0. The number of nitrogens with zero attached hydrogens (tertiary/aromatic N) is 3. The Balaban J connectivity index is 2.72. The predicted octanol–water partition coefficient (Wildman–Crippen LogP) is 0.821. The summed E-state index contributed by atoms with van der Waals surface area (Å²) in [5.41, 5.74) is 0.413. The number of fused-ring (bicyclic) bond motifs is 1. The highest BCUT2D eigenvalue weighted by Gasteiger charge is 2.16. The lowest BCUT2D eigenvalue weighted by Gasteiger charge is -2.05. The third kappa shape index (κ3) is 2.02. The Morgan fingerprint density at radius 3 is 2.83 bits per heavy atom. The molecule has 0 atom stereocenters. The number of ether oxygens (including phenoxy) is 1. The molecule has 0 bridgehead atoms. The van der Waals surface area contributed by atoms with Crippen molar-refractivity contribution in [1.29, 1.82) is 0 Å². The molecule has 0 aliphatic rings. The van der Waals surface area contributed by atoms with Crippen LogP contribution in [0.2, 0.25) is 0 Å². The lowest BCUT2D eigenvalue weighted by Crippen LogP contribution is -2.21. The van der Waals surface area contributed by atoms with E-state index in [4.69, 9.17) is 0 Å². The quantitative estimate of drug-likeness (QED) is 0.587. The van der Waals surface area contributed by atoms with Crippen molar-refractivity contribution in [2.45, 2.75) is 13.5 Å². The Labute approximate surface area is 117 Å². The standard InChI is InChI=1S/C11H12IN3O3/c1-6-13-10-9(11(17)14(6)2)7(12)4-15(10)5-8(16)18-3/h4H,5H2,1-3H3. The Hall–Kier alpha value is -1.38. The summed E-state index contributed by atoms with van der Waals surface area (Å²) in [5, 5.41) is 0.535. The molecule has 2 rings (SSSR count). The summed E-state index contributed by atoms with van der Waals surface area (Å²) in [6.45, 7) is 1.80. The summed E-state index contributed by atoms with van der Waals surface area (Å²) < 4.78 is 8.53. The van der Waals surface area contributed by atoms with Crippen molar-refractivity contribution in [3.63, 3.8) is 0 Å². The minimum atomic E-state index is -0.372. The largest absolute Gasteiger partial charge is 0.468 e. The van der Waals surface area contributed by atoms with E-state index in [0.29, 0.717) is 16.9 Å². The van der Waals surface area contributed by atoms with Crippen LogP contribution < -0.4 is 5.56 Å². The highest BCUT2D eigenvalue weighted by atomic mass is 127. The molecule has 0 aliphatic carbocycles. The maximum absolute atomic E-state index is 12.1. The van der Waals surface area contributed by atoms with Crippen molar-refractivity contribution in [1.82, 2.24) is 14.1 Å². The van der Waals surface area contributed by atoms with Crippen LogP contribution in [-0.4, -0.2) is 27.2 Å². The van der Waals surface area contributed by atoms with Gasteiger partial charge in [-0.2, -0.15) is 0 Å². The normalized spacial score (nSPS) is 10.9. The van der Waals surface area contributed by atoms with Crippen LogP contribution in [0, 0.1) is 10.5 Å². The number of aromatic nitrogens is 3. The SMILES string of the molecule is COC(=O)Cn1cc(I)c2c(=O)n(C)c(C)nc21. The van der Waals surface area contributed by atoms with Gasteiger partial charge in [0.05, 0.1) is 12.5 Å². The van der Waals surface area contributed by atoms with Gasteiger partial charge in [-0.05, 0) is 29.5 Å². The lowest BCUT2D eigenvalue weighted by molar-refractivity contribution is -0.141. The molecule has 0 radical (unpaired) electrons. The van der Waals surface area contributed by atoms with Crippen LogP contribution in [0.25, 0.3) is 11.0 Å². The maximum atomic E-state index is 12.1. The number of hydrogen-bond acceptors (Lipinski definition) is 4. The lowest BCUT2D eigenvalue weighted by atomic mass is 10.4. The third-order valence-electron chi connectivity index (χ3n) is 2.80. The van der Waals surface area contributed by atoms with Gasteiger partial charge in [0.2, 0.25) is 0 Å². The van der Waals surface area contributed by atoms with Crippen molar-refractivity contribution in [2.75, 3.05) is 7.11 Å². The Morgan fingerprint density at radius 2 is 2.22 bits per heavy atom. The van der Waals surface area contributed by atoms with Gasteiger partial charge >= 0.3 is 5.97 Å². The van der Waals surface area contributed by atoms with E-state index in [0.717, 1.165) is 3.57 Å². The first-order chi connectivity index (χ1) is 8.45. The van der Waals surface area contributed by atoms with E-state index in [1.165, 1.54) is 11.7 Å². The van der Waals surface area contributed by atoms with Crippen molar-refractivity contribution < 1.29 is 9.53 Å². The molecule has 0 amide bonds. The topological polar surface area (TPSA) is 66.1 Å². The molecule has 2 aromatic heterocycles. The predicted molar refractivity (Wildman–Crippen MR) is 74.4 cm³/mol. The average molecular weight is 361 g/mol. The Morgan fingerprint density at radius 1 is 1.56 bits per heavy atom. The monoisotopic (exact) mass is 361 g/mol. The summed E-state index contributed by atoms with van der Waals surface area (Å²) in [4.78, 5) is 27.8. The van der Waals surface area contributed by atoms with Crippen molar-refractivity contribution >= 4 is 39.6 Å². The number of halogens is 1. The van der Waals surface area contributed by atoms with Crippen LogP contribution in [0.4, 0.5) is 0 Å². The molecular weight excluding hydrogens is 349 g/mol. The van der Waals surface area contributed by atoms with Gasteiger partial charge in [0.15, 0.2) is 0 Å². The molecule has 0 aliphatic heterocycles. The number of carbonyl (C=O) groups is 1. The molecular formula is C11H12IN3O3. The van der Waals surface area contributed by atoms with Crippen LogP contribution in [0.3, 0.4) is 0 Å². The van der Waals surface area contributed by atoms with Gasteiger partial charge in [-0.1, -0.05) is 0 Å². The van der Waals surface area contributed by atoms with E-state index in [9.17, 15) is 9.59 Å². The molecule has 0 unspecified atom stereocenters. The van der Waals surface area contributed by atoms with E-state index < -0.39 is 0 Å². The molecule has 96 valence electrons. The maximum Gasteiger partial charge on any atom is 0.325 e. The zero-order valence-corrected chi connectivity index (χ0v) is 12.4. The molecule has 0 spiro atoms. The molecule has 2 aromatic rings. The van der Waals surface area contributed by atoms with Gasteiger partial charge in [-0.15, -0.1) is 0 Å². The third-order valence-corrected chi connectivity index (χ3v) is 3.62. The fourth-order valence-corrected chi connectivity index (χ4v) is 2.51. The van der Waals surface area contributed by atoms with Crippen LogP contribution in [0.5, 0.6) is 0 Å². The first-order valence-corrected chi connectivity index (χ1v) is 6.32. The molecule has 6 nitrogen and oxygen atoms in total. The van der Waals surface area contributed by atoms with E-state index >= 15 is 0 Å². The van der Waals surface area contributed by atoms with Crippen LogP contribution in [-0.2, 0) is 23.1 Å². The second kappa shape index (κ2) is 4.71. The molecule has 0 saturated carbocycles. The van der Waals surface area contributed by atoms with Crippen LogP contribution in [0.15, 0.2) is 11.0 Å². The summed E-state index contributed by atoms with van der Waals surface area (Å²) >= 11 is 2.07. The molecule has 0 N–H and O–H groups in total. The van der Waals surface area contributed by atoms with Crippen LogP contribution >= 0.6 is 22.6 Å². The first kappa shape index (κ1) is 13.1. The number of aryl methyl sites for hydroxylation is 1. The number of esters is 1. The minimum Gasteiger partial charge on any atom is -0.468 e. The van der Waals surface area contributed by atoms with Gasteiger partial charge in [0, 0.05) is 16.8 Å². The number of carbonyl (C=O) groups excluding carboxylic acids is 1. The van der Waals surface area contributed by atoms with Gasteiger partial charge in [-0.3, -0.25) is 14.2 Å². The van der Waals surface area contributed by atoms with E-state index in [-0.39, 0.29) is 18.1 Å². The first-order valence-electron chi connectivity index (χ1n) is 5.24. The number of rotatable bonds is 2. The molecule has 0 aromatic carbocycles. The summed E-state index contributed by atoms with van der Waals surface area (Å²) in [6, 6.07) is 0. The van der Waals surface area contributed by atoms with E-state index in [1.807, 2.05) is 0 Å².